The molecule has 0 atom stereocenters. The zero-order valence-corrected chi connectivity index (χ0v) is 31.4. The molecule has 0 aliphatic carbocycles. The second-order valence-corrected chi connectivity index (χ2v) is 14.6. The number of aromatic hydroxyl groups is 1. The molecule has 0 saturated heterocycles. The molecule has 0 spiro atoms. The van der Waals surface area contributed by atoms with Crippen molar-refractivity contribution in [2.75, 3.05) is 11.9 Å². The Labute approximate surface area is 293 Å². The van der Waals surface area contributed by atoms with E-state index in [9.17, 15) is 9.90 Å². The van der Waals surface area contributed by atoms with E-state index in [2.05, 4.69) is 17.6 Å². The summed E-state index contributed by atoms with van der Waals surface area (Å²) in [6.07, 6.45) is 48.4. The van der Waals surface area contributed by atoms with E-state index in [1.54, 1.807) is 24.3 Å². The van der Waals surface area contributed by atoms with Crippen LogP contribution in [0.15, 0.2) is 24.3 Å². The van der Waals surface area contributed by atoms with Crippen LogP contribution in [-0.4, -0.2) is 17.7 Å². The summed E-state index contributed by atoms with van der Waals surface area (Å²) >= 11 is 0. The van der Waals surface area contributed by atoms with E-state index in [0.29, 0.717) is 12.2 Å². The topological polar surface area (TPSA) is 61.4 Å². The van der Waals surface area contributed by atoms with Crippen molar-refractivity contribution < 1.29 is 9.90 Å². The van der Waals surface area contributed by atoms with E-state index in [1.807, 2.05) is 0 Å². The Morgan fingerprint density at radius 1 is 0.426 bits per heavy atom. The standard InChI is InChI=1S/C43H80N2O2/c1-2-3-4-5-6-7-8-9-10-11-12-13-14-15-16-17-18-19-20-21-22-23-24-25-26-27-28-29-30-31-32-33-34-35-40-44-43(47)45-41-36-38-42(46)39-37-41/h36-39,46H,2-35,40H2,1H3,(H2,44,45,47). The quantitative estimate of drug-likeness (QED) is 0.0497. The van der Waals surface area contributed by atoms with Gasteiger partial charge in [-0.2, -0.15) is 0 Å². The Balaban J connectivity index is 1.65. The van der Waals surface area contributed by atoms with Crippen LogP contribution in [0.4, 0.5) is 10.5 Å². The molecule has 0 aliphatic heterocycles. The average molecular weight is 657 g/mol. The number of phenolic OH excluding ortho intramolecular Hbond substituents is 1. The molecule has 0 fully saturated rings. The summed E-state index contributed by atoms with van der Waals surface area (Å²) in [5.41, 5.74) is 0.691. The van der Waals surface area contributed by atoms with Gasteiger partial charge in [0.05, 0.1) is 0 Å². The van der Waals surface area contributed by atoms with Gasteiger partial charge in [0.15, 0.2) is 0 Å². The summed E-state index contributed by atoms with van der Waals surface area (Å²) in [5, 5.41) is 15.0. The van der Waals surface area contributed by atoms with Gasteiger partial charge < -0.3 is 15.7 Å². The fourth-order valence-electron chi connectivity index (χ4n) is 6.78. The van der Waals surface area contributed by atoms with Crippen LogP contribution in [0.2, 0.25) is 0 Å². The van der Waals surface area contributed by atoms with Crippen molar-refractivity contribution in [2.24, 2.45) is 0 Å². The summed E-state index contributed by atoms with van der Waals surface area (Å²) in [5.74, 6) is 0.201. The lowest BCUT2D eigenvalue weighted by Gasteiger charge is -2.07. The molecule has 4 nitrogen and oxygen atoms in total. The molecule has 0 bridgehead atoms. The second kappa shape index (κ2) is 35.6. The SMILES string of the molecule is CCCCCCCCCCCCCCCCCCCCCCCCCCCCCCCCCCCCNC(=O)Nc1ccc(O)cc1. The number of carbonyl (C=O) groups is 1. The van der Waals surface area contributed by atoms with Gasteiger partial charge in [-0.3, -0.25) is 0 Å². The van der Waals surface area contributed by atoms with E-state index in [1.165, 1.54) is 212 Å². The number of unbranched alkanes of at least 4 members (excludes halogenated alkanes) is 33. The summed E-state index contributed by atoms with van der Waals surface area (Å²) < 4.78 is 0. The van der Waals surface area contributed by atoms with Crippen LogP contribution in [0.3, 0.4) is 0 Å². The molecule has 274 valence electrons. The number of nitrogens with one attached hydrogen (secondary N) is 2. The lowest BCUT2D eigenvalue weighted by molar-refractivity contribution is 0.252. The van der Waals surface area contributed by atoms with E-state index in [0.717, 1.165) is 6.42 Å². The van der Waals surface area contributed by atoms with Crippen molar-refractivity contribution in [2.45, 2.75) is 225 Å². The fraction of sp³-hybridized carbons (Fsp3) is 0.837. The first kappa shape index (κ1) is 43.3. The number of rotatable bonds is 36. The largest absolute Gasteiger partial charge is 0.508 e. The van der Waals surface area contributed by atoms with Gasteiger partial charge in [0.2, 0.25) is 0 Å². The molecular formula is C43H80N2O2. The summed E-state index contributed by atoms with van der Waals surface area (Å²) in [7, 11) is 0. The number of benzene rings is 1. The minimum atomic E-state index is -0.179. The Morgan fingerprint density at radius 2 is 0.681 bits per heavy atom. The van der Waals surface area contributed by atoms with Crippen LogP contribution >= 0.6 is 0 Å². The van der Waals surface area contributed by atoms with Crippen LogP contribution in [0.5, 0.6) is 5.75 Å². The van der Waals surface area contributed by atoms with Crippen molar-refractivity contribution >= 4 is 11.7 Å². The van der Waals surface area contributed by atoms with Crippen LogP contribution in [0.25, 0.3) is 0 Å². The van der Waals surface area contributed by atoms with Crippen LogP contribution in [0, 0.1) is 0 Å². The van der Waals surface area contributed by atoms with E-state index in [-0.39, 0.29) is 11.8 Å². The fourth-order valence-corrected chi connectivity index (χ4v) is 6.78. The summed E-state index contributed by atoms with van der Waals surface area (Å²) in [4.78, 5) is 11.9. The molecule has 3 N–H and O–H groups in total. The number of amides is 2. The third kappa shape index (κ3) is 32.6. The van der Waals surface area contributed by atoms with Gasteiger partial charge in [-0.25, -0.2) is 4.79 Å². The summed E-state index contributed by atoms with van der Waals surface area (Å²) in [6, 6.07) is 6.35. The molecule has 4 heteroatoms. The number of hydrogen-bond donors (Lipinski definition) is 3. The normalized spacial score (nSPS) is 11.3. The number of urea groups is 1. The monoisotopic (exact) mass is 657 g/mol. The van der Waals surface area contributed by atoms with Crippen molar-refractivity contribution in [3.05, 3.63) is 24.3 Å². The maximum Gasteiger partial charge on any atom is 0.319 e. The molecule has 0 heterocycles. The highest BCUT2D eigenvalue weighted by Gasteiger charge is 2.01. The minimum Gasteiger partial charge on any atom is -0.508 e. The molecule has 2 amide bonds. The molecule has 1 rings (SSSR count). The molecule has 0 radical (unpaired) electrons. The Kier molecular flexibility index (Phi) is 32.8. The molecule has 1 aromatic rings. The van der Waals surface area contributed by atoms with Crippen molar-refractivity contribution in [3.63, 3.8) is 0 Å². The third-order valence-electron chi connectivity index (χ3n) is 9.94. The zero-order valence-electron chi connectivity index (χ0n) is 31.4. The number of phenols is 1. The van der Waals surface area contributed by atoms with Crippen LogP contribution < -0.4 is 10.6 Å². The molecular weight excluding hydrogens is 576 g/mol. The predicted molar refractivity (Wildman–Crippen MR) is 208 cm³/mol. The van der Waals surface area contributed by atoms with Crippen LogP contribution in [-0.2, 0) is 0 Å². The second-order valence-electron chi connectivity index (χ2n) is 14.6. The maximum atomic E-state index is 11.9. The van der Waals surface area contributed by atoms with Gasteiger partial charge in [-0.1, -0.05) is 219 Å². The maximum absolute atomic E-state index is 11.9. The highest BCUT2D eigenvalue weighted by atomic mass is 16.3. The first-order chi connectivity index (χ1) is 23.2. The first-order valence-electron chi connectivity index (χ1n) is 21.1. The Bertz CT molecular complexity index is 766. The lowest BCUT2D eigenvalue weighted by atomic mass is 10.0. The highest BCUT2D eigenvalue weighted by Crippen LogP contribution is 2.17. The summed E-state index contributed by atoms with van der Waals surface area (Å²) in [6.45, 7) is 3.02. The zero-order chi connectivity index (χ0) is 33.7. The van der Waals surface area contributed by atoms with E-state index >= 15 is 0 Å². The van der Waals surface area contributed by atoms with E-state index in [4.69, 9.17) is 0 Å². The Morgan fingerprint density at radius 3 is 0.957 bits per heavy atom. The molecule has 47 heavy (non-hydrogen) atoms. The average Bonchev–Trinajstić information content (AvgIpc) is 3.07. The first-order valence-corrected chi connectivity index (χ1v) is 21.1. The van der Waals surface area contributed by atoms with Gasteiger partial charge in [0.25, 0.3) is 0 Å². The predicted octanol–water partition coefficient (Wildman–Crippen LogP) is 14.8. The van der Waals surface area contributed by atoms with E-state index < -0.39 is 0 Å². The van der Waals surface area contributed by atoms with Gasteiger partial charge in [-0.15, -0.1) is 0 Å². The third-order valence-corrected chi connectivity index (χ3v) is 9.94. The van der Waals surface area contributed by atoms with Crippen molar-refractivity contribution in [3.8, 4) is 5.75 Å². The van der Waals surface area contributed by atoms with Gasteiger partial charge in [0.1, 0.15) is 5.75 Å². The lowest BCUT2D eigenvalue weighted by Crippen LogP contribution is -2.29. The number of carbonyl (C=O) groups excluding carboxylic acids is 1. The van der Waals surface area contributed by atoms with Gasteiger partial charge >= 0.3 is 6.03 Å². The van der Waals surface area contributed by atoms with Crippen molar-refractivity contribution in [1.29, 1.82) is 0 Å². The molecule has 0 aromatic heterocycles. The minimum absolute atomic E-state index is 0.179. The number of hydrogen-bond acceptors (Lipinski definition) is 2. The van der Waals surface area contributed by atoms with Crippen molar-refractivity contribution in [1.82, 2.24) is 5.32 Å². The highest BCUT2D eigenvalue weighted by molar-refractivity contribution is 5.89. The van der Waals surface area contributed by atoms with Crippen LogP contribution in [0.1, 0.15) is 225 Å². The Hall–Kier alpha value is -1.71. The van der Waals surface area contributed by atoms with Gasteiger partial charge in [0, 0.05) is 12.2 Å². The molecule has 0 saturated carbocycles. The van der Waals surface area contributed by atoms with Gasteiger partial charge in [-0.05, 0) is 30.7 Å². The molecule has 0 aliphatic rings. The number of anilines is 1. The molecule has 1 aromatic carbocycles. The smallest absolute Gasteiger partial charge is 0.319 e. The molecule has 0 unspecified atom stereocenters.